The van der Waals surface area contributed by atoms with Crippen molar-refractivity contribution >= 4 is 17.7 Å². The zero-order valence-electron chi connectivity index (χ0n) is 51.3. The van der Waals surface area contributed by atoms with Crippen LogP contribution >= 0.6 is 0 Å². The van der Waals surface area contributed by atoms with E-state index in [9.17, 15) is 55.2 Å². The smallest absolute Gasteiger partial charge is 0.311 e. The quantitative estimate of drug-likeness (QED) is 0.0606. The fourth-order valence-electron chi connectivity index (χ4n) is 14.0. The normalized spacial score (nSPS) is 48.2. The molecule has 5 heterocycles. The van der Waals surface area contributed by atoms with Crippen molar-refractivity contribution in [3.05, 3.63) is 0 Å². The van der Waals surface area contributed by atoms with Crippen LogP contribution in [0, 0.1) is 23.7 Å². The summed E-state index contributed by atoms with van der Waals surface area (Å²) >= 11 is 0. The molecule has 8 unspecified atom stereocenters. The number of aliphatic hydroxyl groups excluding tert-OH is 5. The van der Waals surface area contributed by atoms with Gasteiger partial charge in [0.15, 0.2) is 18.4 Å². The standard InChI is InChI=1S/C57H103N5O20/c1-17-36-56(11,72)48(68)30(5)39(60-21-20-59-37(64)19-18-22-62(15)41-43(66)40(58-12)46-47(44(41)67)80-53-57(73,82-46)35(63)24-29(4)76-53)27(2)25-54(9,71)50(81-52-42(65)34(61(13)14)23-28(3)75-52)31(6)45(32(7)51(70)78-36)79-38-26-55(10,74-16)49(69)33(8)77-38/h27-34,36,38-50,52-53,58,60,65-69,71-73H,17-26H2,1-16H3,(H,59,64)/t27-,28?,29-,30+,31+,32-,33?,34?,36-,38?,39+,40+,41-,42?,43-,44+,45+,46-,47-,48-,49?,50-,52?,53+,54-,55?,56-,57+/m1/s1. The maximum absolute atomic E-state index is 14.6. The Bertz CT molecular complexity index is 2100. The van der Waals surface area contributed by atoms with Gasteiger partial charge in [0, 0.05) is 63.4 Å². The number of hydrogen-bond donors (Lipinski definition) is 11. The van der Waals surface area contributed by atoms with Crippen molar-refractivity contribution in [1.82, 2.24) is 25.8 Å². The second-order valence-electron chi connectivity index (χ2n) is 25.7. The van der Waals surface area contributed by atoms with Gasteiger partial charge in [0.1, 0.15) is 42.2 Å². The molecule has 0 aromatic carbocycles. The molecule has 11 N–H and O–H groups in total. The molecule has 28 atom stereocenters. The zero-order chi connectivity index (χ0) is 61.3. The number of likely N-dealkylation sites (N-methyl/N-ethyl adjacent to an activating group) is 3. The van der Waals surface area contributed by atoms with Gasteiger partial charge in [0.2, 0.25) is 12.2 Å². The van der Waals surface area contributed by atoms with E-state index >= 15 is 0 Å². The fourth-order valence-corrected chi connectivity index (χ4v) is 14.0. The third-order valence-electron chi connectivity index (χ3n) is 18.9. The maximum atomic E-state index is 14.6. The molecule has 1 aliphatic carbocycles. The number of hydrogen-bond acceptors (Lipinski definition) is 24. The topological polar surface area (TPSA) is 339 Å². The van der Waals surface area contributed by atoms with Crippen LogP contribution in [0.15, 0.2) is 0 Å². The van der Waals surface area contributed by atoms with Crippen LogP contribution < -0.4 is 16.0 Å². The summed E-state index contributed by atoms with van der Waals surface area (Å²) in [5, 5.41) is 104. The molecule has 82 heavy (non-hydrogen) atoms. The first kappa shape index (κ1) is 68.9. The number of esters is 1. The minimum absolute atomic E-state index is 0.00264. The number of nitrogens with zero attached hydrogens (tertiary/aromatic N) is 2. The molecule has 5 saturated heterocycles. The van der Waals surface area contributed by atoms with E-state index in [1.807, 2.05) is 32.8 Å². The van der Waals surface area contributed by atoms with Gasteiger partial charge in [0.25, 0.3) is 5.79 Å². The maximum Gasteiger partial charge on any atom is 0.311 e. The number of amides is 1. The molecule has 5 aliphatic heterocycles. The first-order valence-electron chi connectivity index (χ1n) is 29.7. The first-order valence-corrected chi connectivity index (χ1v) is 29.7. The number of methoxy groups -OCH3 is 1. The summed E-state index contributed by atoms with van der Waals surface area (Å²) in [5.41, 5.74) is -4.90. The van der Waals surface area contributed by atoms with Gasteiger partial charge in [-0.05, 0) is 115 Å². The molecular formula is C57H103N5O20. The minimum Gasteiger partial charge on any atom is -0.459 e. The van der Waals surface area contributed by atoms with E-state index in [0.29, 0.717) is 12.8 Å². The molecule has 0 bridgehead atoms. The van der Waals surface area contributed by atoms with Crippen molar-refractivity contribution in [3.63, 3.8) is 0 Å². The van der Waals surface area contributed by atoms with Crippen LogP contribution in [0.2, 0.25) is 0 Å². The summed E-state index contributed by atoms with van der Waals surface area (Å²) in [6, 6.07) is -2.81. The number of cyclic esters (lactones) is 1. The lowest BCUT2D eigenvalue weighted by Gasteiger charge is -2.56. The molecule has 0 spiro atoms. The predicted octanol–water partition coefficient (Wildman–Crippen LogP) is -1.13. The Kier molecular flexibility index (Phi) is 23.4. The van der Waals surface area contributed by atoms with E-state index in [1.165, 1.54) is 14.0 Å². The van der Waals surface area contributed by atoms with Crippen LogP contribution in [0.5, 0.6) is 0 Å². The number of Topliss-reactive ketones (excluding diaryl/α,β-unsaturated/α-hetero) is 1. The highest BCUT2D eigenvalue weighted by Crippen LogP contribution is 2.44. The summed E-state index contributed by atoms with van der Waals surface area (Å²) in [6.45, 7) is 19.3. The number of carbonyl (C=O) groups excluding carboxylic acids is 3. The SMILES string of the molecule is CC[C@H]1OC(=O)[C@H](C)[C@@H](OC2CC(C)(OC)C(O)C(C)O2)[C@H](C)[C@@H](OC2OC(C)CC(N(C)C)C2O)[C@](C)(O)C[C@@H](C)[C@H](NCCNC(=O)CCCN(C)[C@@H]2[C@H](O)[C@H](NC)[C@H]3O[C@@]4(O)C(=O)C[C@@H](C)O[C@H]4O[C@@H]3[C@H]2O)[C@H](C)[C@@H](O)[C@]1(C)O. The average molecular weight is 1180 g/mol. The minimum atomic E-state index is -2.40. The third kappa shape index (κ3) is 14.7. The lowest BCUT2D eigenvalue weighted by molar-refractivity contribution is -0.421. The number of ether oxygens (including phenoxy) is 9. The van der Waals surface area contributed by atoms with Crippen molar-refractivity contribution in [2.45, 2.75) is 266 Å². The van der Waals surface area contributed by atoms with Gasteiger partial charge in [0.05, 0.1) is 71.9 Å². The van der Waals surface area contributed by atoms with Gasteiger partial charge in [-0.1, -0.05) is 27.7 Å². The molecule has 6 fully saturated rings. The molecule has 0 aromatic heterocycles. The van der Waals surface area contributed by atoms with Crippen LogP contribution in [-0.2, 0) is 57.0 Å². The number of nitrogens with one attached hydrogen (secondary N) is 3. The van der Waals surface area contributed by atoms with E-state index in [-0.39, 0.29) is 69.8 Å². The summed E-state index contributed by atoms with van der Waals surface area (Å²) in [6.07, 6.45) is -16.5. The highest BCUT2D eigenvalue weighted by molar-refractivity contribution is 5.87. The van der Waals surface area contributed by atoms with Crippen molar-refractivity contribution in [2.75, 3.05) is 54.9 Å². The lowest BCUT2D eigenvalue weighted by Crippen LogP contribution is -2.77. The lowest BCUT2D eigenvalue weighted by atomic mass is 9.72. The van der Waals surface area contributed by atoms with Crippen LogP contribution in [0.4, 0.5) is 0 Å². The van der Waals surface area contributed by atoms with Crippen molar-refractivity contribution in [1.29, 1.82) is 0 Å². The number of ketones is 1. The Morgan fingerprint density at radius 3 is 2.09 bits per heavy atom. The molecule has 0 radical (unpaired) electrons. The van der Waals surface area contributed by atoms with Crippen LogP contribution in [-0.4, -0.2) is 268 Å². The Balaban J connectivity index is 1.19. The molecule has 1 amide bonds. The Morgan fingerprint density at radius 2 is 1.46 bits per heavy atom. The van der Waals surface area contributed by atoms with E-state index in [4.69, 9.17) is 42.6 Å². The molecule has 6 rings (SSSR count). The van der Waals surface area contributed by atoms with Crippen LogP contribution in [0.3, 0.4) is 0 Å². The fraction of sp³-hybridized carbons (Fsp3) is 0.947. The Hall–Kier alpha value is -2.19. The Labute approximate surface area is 484 Å². The summed E-state index contributed by atoms with van der Waals surface area (Å²) < 4.78 is 55.8. The molecule has 6 aliphatic rings. The number of fused-ring (bicyclic) bond motifs is 2. The highest BCUT2D eigenvalue weighted by atomic mass is 16.8. The van der Waals surface area contributed by atoms with Gasteiger partial charge in [-0.2, -0.15) is 0 Å². The molecule has 0 aromatic rings. The number of carbonyl (C=O) groups is 3. The van der Waals surface area contributed by atoms with E-state index < -0.39 is 168 Å². The molecule has 1 saturated carbocycles. The van der Waals surface area contributed by atoms with E-state index in [2.05, 4.69) is 16.0 Å². The zero-order valence-corrected chi connectivity index (χ0v) is 51.3. The molecule has 476 valence electrons. The van der Waals surface area contributed by atoms with Crippen LogP contribution in [0.25, 0.3) is 0 Å². The number of aliphatic hydroxyl groups is 8. The molecular weight excluding hydrogens is 1070 g/mol. The predicted molar refractivity (Wildman–Crippen MR) is 295 cm³/mol. The van der Waals surface area contributed by atoms with E-state index in [1.54, 1.807) is 74.4 Å². The average Bonchev–Trinajstić information content (AvgIpc) is 2.50. The van der Waals surface area contributed by atoms with Crippen molar-refractivity contribution < 1.29 is 97.9 Å². The monoisotopic (exact) mass is 1180 g/mol. The second-order valence-corrected chi connectivity index (χ2v) is 25.7. The molecule has 25 nitrogen and oxygen atoms in total. The third-order valence-corrected chi connectivity index (χ3v) is 18.9. The summed E-state index contributed by atoms with van der Waals surface area (Å²) in [4.78, 5) is 44.5. The van der Waals surface area contributed by atoms with Gasteiger partial charge in [-0.3, -0.25) is 19.3 Å². The van der Waals surface area contributed by atoms with Crippen molar-refractivity contribution in [3.8, 4) is 0 Å². The van der Waals surface area contributed by atoms with E-state index in [0.717, 1.165) is 0 Å². The molecule has 25 heteroatoms. The largest absolute Gasteiger partial charge is 0.459 e. The highest BCUT2D eigenvalue weighted by Gasteiger charge is 2.64. The van der Waals surface area contributed by atoms with Gasteiger partial charge in [-0.25, -0.2) is 0 Å². The van der Waals surface area contributed by atoms with Crippen LogP contribution in [0.1, 0.15) is 121 Å². The van der Waals surface area contributed by atoms with Gasteiger partial charge in [-0.15, -0.1) is 0 Å². The first-order chi connectivity index (χ1) is 38.2. The number of rotatable bonds is 17. The van der Waals surface area contributed by atoms with Gasteiger partial charge < -0.3 is 104 Å². The second kappa shape index (κ2) is 27.9. The Morgan fingerprint density at radius 1 is 0.793 bits per heavy atom. The van der Waals surface area contributed by atoms with Gasteiger partial charge >= 0.3 is 5.97 Å². The summed E-state index contributed by atoms with van der Waals surface area (Å²) in [7, 11) is 8.46. The summed E-state index contributed by atoms with van der Waals surface area (Å²) in [5.74, 6) is -7.35. The van der Waals surface area contributed by atoms with Crippen molar-refractivity contribution in [2.24, 2.45) is 23.7 Å².